The molecule has 104 valence electrons. The largest absolute Gasteiger partial charge is 0.324 e. The van der Waals surface area contributed by atoms with Crippen molar-refractivity contribution in [3.8, 4) is 0 Å². The van der Waals surface area contributed by atoms with Gasteiger partial charge in [0.2, 0.25) is 0 Å². The van der Waals surface area contributed by atoms with Crippen LogP contribution in [0.25, 0.3) is 0 Å². The number of nitrogens with zero attached hydrogens (tertiary/aromatic N) is 1. The molecule has 20 heavy (non-hydrogen) atoms. The van der Waals surface area contributed by atoms with E-state index in [1.165, 1.54) is 17.7 Å². The molecule has 0 aliphatic carbocycles. The lowest BCUT2D eigenvalue weighted by Gasteiger charge is -2.09. The summed E-state index contributed by atoms with van der Waals surface area (Å²) >= 11 is 0. The zero-order valence-corrected chi connectivity index (χ0v) is 11.3. The number of H-pyrrole nitrogens is 1. The lowest BCUT2D eigenvalue weighted by Crippen LogP contribution is -2.21. The van der Waals surface area contributed by atoms with Crippen molar-refractivity contribution in [3.63, 3.8) is 0 Å². The summed E-state index contributed by atoms with van der Waals surface area (Å²) in [5, 5.41) is 11.1. The van der Waals surface area contributed by atoms with Gasteiger partial charge >= 0.3 is 6.03 Å². The number of aromatic nitrogens is 2. The molecule has 0 radical (unpaired) electrons. The number of hydrogen-bond donors (Lipinski definition) is 3. The minimum Gasteiger partial charge on any atom is -0.308 e. The van der Waals surface area contributed by atoms with E-state index in [4.69, 9.17) is 0 Å². The van der Waals surface area contributed by atoms with Crippen LogP contribution in [0.3, 0.4) is 0 Å². The van der Waals surface area contributed by atoms with Crippen molar-refractivity contribution in [2.45, 2.75) is 19.8 Å². The van der Waals surface area contributed by atoms with E-state index in [9.17, 15) is 9.59 Å². The van der Waals surface area contributed by atoms with Gasteiger partial charge in [0.25, 0.3) is 5.56 Å². The van der Waals surface area contributed by atoms with Crippen molar-refractivity contribution in [2.75, 3.05) is 10.6 Å². The van der Waals surface area contributed by atoms with Gasteiger partial charge in [-0.25, -0.2) is 9.89 Å². The van der Waals surface area contributed by atoms with E-state index in [0.29, 0.717) is 11.6 Å². The molecule has 0 atom stereocenters. The minimum absolute atomic E-state index is 0.279. The number of amides is 2. The molecule has 6 heteroatoms. The van der Waals surface area contributed by atoms with Gasteiger partial charge < -0.3 is 5.32 Å². The van der Waals surface area contributed by atoms with Gasteiger partial charge in [0.15, 0.2) is 5.82 Å². The van der Waals surface area contributed by atoms with E-state index in [0.717, 1.165) is 0 Å². The molecule has 6 nitrogen and oxygen atoms in total. The van der Waals surface area contributed by atoms with Crippen LogP contribution < -0.4 is 16.2 Å². The maximum atomic E-state index is 11.7. The standard InChI is InChI=1S/C14H16N4O2/c1-9(2)10-3-5-11(6-4-10)15-14(20)16-12-7-8-13(19)18-17-12/h3-9H,1-2H3,(H,18,19)(H2,15,16,17,20). The normalized spacial score (nSPS) is 10.3. The molecule has 1 aromatic heterocycles. The SMILES string of the molecule is CC(C)c1ccc(NC(=O)Nc2ccc(=O)[nH]n2)cc1. The van der Waals surface area contributed by atoms with Crippen molar-refractivity contribution in [3.05, 3.63) is 52.3 Å². The Bertz CT molecular complexity index is 626. The average molecular weight is 272 g/mol. The van der Waals surface area contributed by atoms with Crippen LogP contribution in [0.4, 0.5) is 16.3 Å². The number of aromatic amines is 1. The number of anilines is 2. The van der Waals surface area contributed by atoms with Crippen molar-refractivity contribution >= 4 is 17.5 Å². The summed E-state index contributed by atoms with van der Waals surface area (Å²) in [7, 11) is 0. The second-order valence-corrected chi connectivity index (χ2v) is 4.66. The van der Waals surface area contributed by atoms with Crippen LogP contribution in [0.5, 0.6) is 0 Å². The van der Waals surface area contributed by atoms with Crippen LogP contribution in [0, 0.1) is 0 Å². The molecule has 0 spiro atoms. The summed E-state index contributed by atoms with van der Waals surface area (Å²) in [5.74, 6) is 0.726. The first-order valence-corrected chi connectivity index (χ1v) is 6.28. The third-order valence-corrected chi connectivity index (χ3v) is 2.76. The molecule has 0 saturated carbocycles. The first kappa shape index (κ1) is 13.8. The molecule has 0 fully saturated rings. The molecule has 0 saturated heterocycles. The van der Waals surface area contributed by atoms with Crippen LogP contribution in [0.1, 0.15) is 25.3 Å². The minimum atomic E-state index is -0.415. The fourth-order valence-electron chi connectivity index (χ4n) is 1.64. The summed E-state index contributed by atoms with van der Waals surface area (Å²) in [6, 6.07) is 9.93. The Balaban J connectivity index is 1.97. The predicted octanol–water partition coefficient (Wildman–Crippen LogP) is 2.54. The Morgan fingerprint density at radius 1 is 1.10 bits per heavy atom. The maximum Gasteiger partial charge on any atom is 0.324 e. The first-order chi connectivity index (χ1) is 9.54. The Morgan fingerprint density at radius 2 is 1.80 bits per heavy atom. The van der Waals surface area contributed by atoms with Gasteiger partial charge in [-0.05, 0) is 29.7 Å². The van der Waals surface area contributed by atoms with Gasteiger partial charge in [-0.3, -0.25) is 10.1 Å². The molecular formula is C14H16N4O2. The second kappa shape index (κ2) is 6.01. The van der Waals surface area contributed by atoms with Gasteiger partial charge in [0.05, 0.1) is 0 Å². The van der Waals surface area contributed by atoms with Crippen molar-refractivity contribution < 1.29 is 4.79 Å². The third-order valence-electron chi connectivity index (χ3n) is 2.76. The number of carbonyl (C=O) groups excluding carboxylic acids is 1. The summed E-state index contributed by atoms with van der Waals surface area (Å²) in [4.78, 5) is 22.6. The molecule has 1 aromatic carbocycles. The van der Waals surface area contributed by atoms with Crippen LogP contribution in [0.15, 0.2) is 41.2 Å². The van der Waals surface area contributed by atoms with Crippen LogP contribution in [-0.4, -0.2) is 16.2 Å². The van der Waals surface area contributed by atoms with Crippen LogP contribution in [-0.2, 0) is 0 Å². The fraction of sp³-hybridized carbons (Fsp3) is 0.214. The average Bonchev–Trinajstić information content (AvgIpc) is 2.42. The van der Waals surface area contributed by atoms with Crippen LogP contribution >= 0.6 is 0 Å². The summed E-state index contributed by atoms with van der Waals surface area (Å²) in [6.45, 7) is 4.22. The highest BCUT2D eigenvalue weighted by Gasteiger charge is 2.04. The summed E-state index contributed by atoms with van der Waals surface area (Å²) in [6.07, 6.45) is 0. The van der Waals surface area contributed by atoms with Gasteiger partial charge in [-0.15, -0.1) is 0 Å². The van der Waals surface area contributed by atoms with Gasteiger partial charge in [0, 0.05) is 11.8 Å². The van der Waals surface area contributed by atoms with E-state index in [1.807, 2.05) is 24.3 Å². The lowest BCUT2D eigenvalue weighted by molar-refractivity contribution is 0.262. The molecule has 0 bridgehead atoms. The zero-order valence-electron chi connectivity index (χ0n) is 11.3. The molecule has 0 unspecified atom stereocenters. The van der Waals surface area contributed by atoms with E-state index in [2.05, 4.69) is 34.7 Å². The van der Waals surface area contributed by atoms with Gasteiger partial charge in [-0.1, -0.05) is 26.0 Å². The van der Waals surface area contributed by atoms with E-state index in [-0.39, 0.29) is 11.4 Å². The summed E-state index contributed by atoms with van der Waals surface area (Å²) in [5.41, 5.74) is 1.58. The molecule has 2 amide bonds. The number of nitrogens with one attached hydrogen (secondary N) is 3. The molecule has 3 N–H and O–H groups in total. The zero-order chi connectivity index (χ0) is 14.5. The fourth-order valence-corrected chi connectivity index (χ4v) is 1.64. The van der Waals surface area contributed by atoms with Gasteiger partial charge in [0.1, 0.15) is 0 Å². The monoisotopic (exact) mass is 272 g/mol. The second-order valence-electron chi connectivity index (χ2n) is 4.66. The van der Waals surface area contributed by atoms with E-state index in [1.54, 1.807) is 0 Å². The summed E-state index contributed by atoms with van der Waals surface area (Å²) < 4.78 is 0. The molecule has 0 aliphatic heterocycles. The lowest BCUT2D eigenvalue weighted by atomic mass is 10.0. The molecule has 0 aliphatic rings. The van der Waals surface area contributed by atoms with Crippen molar-refractivity contribution in [2.24, 2.45) is 0 Å². The van der Waals surface area contributed by atoms with E-state index >= 15 is 0 Å². The molecule has 2 aromatic rings. The molecule has 2 rings (SSSR count). The maximum absolute atomic E-state index is 11.7. The highest BCUT2D eigenvalue weighted by molar-refractivity contribution is 5.99. The quantitative estimate of drug-likeness (QED) is 0.802. The number of benzene rings is 1. The Labute approximate surface area is 116 Å². The van der Waals surface area contributed by atoms with Gasteiger partial charge in [-0.2, -0.15) is 5.10 Å². The first-order valence-electron chi connectivity index (χ1n) is 6.28. The topological polar surface area (TPSA) is 86.9 Å². The third kappa shape index (κ3) is 3.68. The molecule has 1 heterocycles. The van der Waals surface area contributed by atoms with E-state index < -0.39 is 6.03 Å². The Kier molecular flexibility index (Phi) is 4.14. The number of urea groups is 1. The highest BCUT2D eigenvalue weighted by atomic mass is 16.2. The van der Waals surface area contributed by atoms with Crippen LogP contribution in [0.2, 0.25) is 0 Å². The number of carbonyl (C=O) groups is 1. The van der Waals surface area contributed by atoms with Crippen molar-refractivity contribution in [1.29, 1.82) is 0 Å². The molecular weight excluding hydrogens is 256 g/mol. The Morgan fingerprint density at radius 3 is 2.35 bits per heavy atom. The Hall–Kier alpha value is -2.63. The smallest absolute Gasteiger partial charge is 0.308 e. The number of rotatable bonds is 3. The highest BCUT2D eigenvalue weighted by Crippen LogP contribution is 2.17. The number of hydrogen-bond acceptors (Lipinski definition) is 3. The predicted molar refractivity (Wildman–Crippen MR) is 78.0 cm³/mol. The van der Waals surface area contributed by atoms with Crippen molar-refractivity contribution in [1.82, 2.24) is 10.2 Å².